The number of benzene rings is 2. The summed E-state index contributed by atoms with van der Waals surface area (Å²) in [6, 6.07) is 15.7. The average Bonchev–Trinajstić information content (AvgIpc) is 2.41. The molecule has 2 aromatic rings. The fraction of sp³-hybridized carbons (Fsp3) is 0.333. The Morgan fingerprint density at radius 3 is 1.67 bits per heavy atom. The van der Waals surface area contributed by atoms with E-state index in [2.05, 4.69) is 55.9 Å². The first kappa shape index (κ1) is 15.9. The molecule has 3 heteroatoms. The minimum atomic E-state index is -1.21. The molecular formula is C18H24FNSi. The third-order valence-electron chi connectivity index (χ3n) is 3.64. The molecule has 0 atom stereocenters. The van der Waals surface area contributed by atoms with Crippen LogP contribution in [0.2, 0.25) is 19.6 Å². The van der Waals surface area contributed by atoms with Crippen LogP contribution in [0.4, 0.5) is 4.39 Å². The summed E-state index contributed by atoms with van der Waals surface area (Å²) < 4.78 is 12.9. The largest absolute Gasteiger partial charge is 0.298 e. The van der Waals surface area contributed by atoms with Crippen LogP contribution in [0.15, 0.2) is 48.5 Å². The van der Waals surface area contributed by atoms with Crippen molar-refractivity contribution in [1.29, 1.82) is 0 Å². The molecule has 0 heterocycles. The van der Waals surface area contributed by atoms with E-state index in [0.29, 0.717) is 0 Å². The normalized spacial score (nSPS) is 11.9. The summed E-state index contributed by atoms with van der Waals surface area (Å²) in [6.45, 7) is 8.83. The molecule has 112 valence electrons. The van der Waals surface area contributed by atoms with Crippen LogP contribution in [0.3, 0.4) is 0 Å². The molecule has 0 amide bonds. The average molecular weight is 301 g/mol. The van der Waals surface area contributed by atoms with Crippen molar-refractivity contribution in [3.8, 4) is 0 Å². The molecule has 0 unspecified atom stereocenters. The summed E-state index contributed by atoms with van der Waals surface area (Å²) in [5, 5.41) is 1.49. The Kier molecular flexibility index (Phi) is 4.96. The van der Waals surface area contributed by atoms with E-state index >= 15 is 0 Å². The Balaban J connectivity index is 1.96. The summed E-state index contributed by atoms with van der Waals surface area (Å²) in [7, 11) is 0.881. The van der Waals surface area contributed by atoms with Crippen molar-refractivity contribution >= 4 is 13.3 Å². The van der Waals surface area contributed by atoms with E-state index in [-0.39, 0.29) is 5.82 Å². The molecule has 1 nitrogen and oxygen atoms in total. The first-order chi connectivity index (χ1) is 9.84. The molecule has 0 aromatic heterocycles. The highest BCUT2D eigenvalue weighted by Crippen LogP contribution is 2.10. The van der Waals surface area contributed by atoms with E-state index < -0.39 is 8.07 Å². The molecule has 0 saturated heterocycles. The molecule has 0 aliphatic rings. The van der Waals surface area contributed by atoms with Gasteiger partial charge in [-0.1, -0.05) is 61.2 Å². The molecule has 2 rings (SSSR count). The maximum Gasteiger partial charge on any atom is 0.123 e. The van der Waals surface area contributed by atoms with Crippen LogP contribution in [0.1, 0.15) is 11.1 Å². The molecule has 0 saturated carbocycles. The van der Waals surface area contributed by atoms with E-state index in [4.69, 9.17) is 0 Å². The van der Waals surface area contributed by atoms with Gasteiger partial charge in [-0.3, -0.25) is 4.90 Å². The van der Waals surface area contributed by atoms with Crippen molar-refractivity contribution in [1.82, 2.24) is 4.90 Å². The Bertz CT molecular complexity index is 570. The third kappa shape index (κ3) is 4.79. The first-order valence-electron chi connectivity index (χ1n) is 7.37. The molecule has 0 aliphatic carbocycles. The van der Waals surface area contributed by atoms with Crippen LogP contribution in [0.5, 0.6) is 0 Å². The van der Waals surface area contributed by atoms with Gasteiger partial charge < -0.3 is 0 Å². The van der Waals surface area contributed by atoms with Crippen molar-refractivity contribution < 1.29 is 4.39 Å². The Hall–Kier alpha value is -1.45. The Labute approximate surface area is 128 Å². The van der Waals surface area contributed by atoms with Gasteiger partial charge >= 0.3 is 0 Å². The third-order valence-corrected chi connectivity index (χ3v) is 5.70. The number of rotatable bonds is 5. The van der Waals surface area contributed by atoms with E-state index in [1.807, 2.05) is 12.1 Å². The molecule has 21 heavy (non-hydrogen) atoms. The molecule has 0 aliphatic heterocycles. The Morgan fingerprint density at radius 1 is 0.810 bits per heavy atom. The van der Waals surface area contributed by atoms with Crippen molar-refractivity contribution in [2.45, 2.75) is 32.7 Å². The van der Waals surface area contributed by atoms with E-state index in [0.717, 1.165) is 18.7 Å². The zero-order chi connectivity index (χ0) is 15.5. The van der Waals surface area contributed by atoms with Gasteiger partial charge in [-0.25, -0.2) is 4.39 Å². The van der Waals surface area contributed by atoms with Crippen LogP contribution < -0.4 is 5.19 Å². The fourth-order valence-corrected chi connectivity index (χ4v) is 3.55. The zero-order valence-corrected chi connectivity index (χ0v) is 14.4. The smallest absolute Gasteiger partial charge is 0.123 e. The molecule has 0 fully saturated rings. The predicted molar refractivity (Wildman–Crippen MR) is 91.0 cm³/mol. The van der Waals surface area contributed by atoms with Crippen molar-refractivity contribution in [2.75, 3.05) is 7.05 Å². The number of hydrogen-bond acceptors (Lipinski definition) is 1. The van der Waals surface area contributed by atoms with Gasteiger partial charge in [0.25, 0.3) is 0 Å². The number of halogens is 1. The summed E-state index contributed by atoms with van der Waals surface area (Å²) in [5.41, 5.74) is 2.46. The molecule has 0 spiro atoms. The maximum absolute atomic E-state index is 12.9. The van der Waals surface area contributed by atoms with Crippen LogP contribution in [0.25, 0.3) is 0 Å². The second kappa shape index (κ2) is 6.54. The van der Waals surface area contributed by atoms with Crippen molar-refractivity contribution in [2.24, 2.45) is 0 Å². The maximum atomic E-state index is 12.9. The van der Waals surface area contributed by atoms with E-state index in [1.165, 1.54) is 22.9 Å². The minimum Gasteiger partial charge on any atom is -0.298 e. The summed E-state index contributed by atoms with van der Waals surface area (Å²) in [6.07, 6.45) is 0. The van der Waals surface area contributed by atoms with Crippen molar-refractivity contribution in [3.63, 3.8) is 0 Å². The standard InChI is InChI=1S/C18H24FNSi/c1-20(13-15-5-9-17(19)10-6-15)14-16-7-11-18(12-8-16)21(2,3)4/h5-12H,13-14H2,1-4H3. The second-order valence-electron chi connectivity index (χ2n) is 6.75. The molecule has 2 aromatic carbocycles. The molecule has 0 radical (unpaired) electrons. The predicted octanol–water partition coefficient (Wildman–Crippen LogP) is 4.00. The van der Waals surface area contributed by atoms with Crippen molar-refractivity contribution in [3.05, 3.63) is 65.5 Å². The lowest BCUT2D eigenvalue weighted by molar-refractivity contribution is 0.319. The van der Waals surface area contributed by atoms with Crippen LogP contribution >= 0.6 is 0 Å². The van der Waals surface area contributed by atoms with E-state index in [9.17, 15) is 4.39 Å². The van der Waals surface area contributed by atoms with Crippen LogP contribution in [0, 0.1) is 5.82 Å². The lowest BCUT2D eigenvalue weighted by Crippen LogP contribution is -2.37. The Morgan fingerprint density at radius 2 is 1.24 bits per heavy atom. The second-order valence-corrected chi connectivity index (χ2v) is 11.8. The van der Waals surface area contributed by atoms with Gasteiger partial charge in [0.1, 0.15) is 5.82 Å². The lowest BCUT2D eigenvalue weighted by Gasteiger charge is -2.19. The zero-order valence-electron chi connectivity index (χ0n) is 13.4. The number of nitrogens with zero attached hydrogens (tertiary/aromatic N) is 1. The summed E-state index contributed by atoms with van der Waals surface area (Å²) in [5.74, 6) is -0.177. The van der Waals surface area contributed by atoms with Crippen LogP contribution in [-0.2, 0) is 13.1 Å². The SMILES string of the molecule is CN(Cc1ccc(F)cc1)Cc1ccc([Si](C)(C)C)cc1. The summed E-state index contributed by atoms with van der Waals surface area (Å²) >= 11 is 0. The summed E-state index contributed by atoms with van der Waals surface area (Å²) in [4.78, 5) is 2.25. The van der Waals surface area contributed by atoms with Gasteiger partial charge in [-0.2, -0.15) is 0 Å². The molecule has 0 bridgehead atoms. The molecular weight excluding hydrogens is 277 g/mol. The first-order valence-corrected chi connectivity index (χ1v) is 10.9. The molecule has 0 N–H and O–H groups in total. The quantitative estimate of drug-likeness (QED) is 0.754. The monoisotopic (exact) mass is 301 g/mol. The fourth-order valence-electron chi connectivity index (χ4n) is 2.38. The van der Waals surface area contributed by atoms with Gasteiger partial charge in [0.15, 0.2) is 0 Å². The minimum absolute atomic E-state index is 0.177. The lowest BCUT2D eigenvalue weighted by atomic mass is 10.2. The highest BCUT2D eigenvalue weighted by molar-refractivity contribution is 6.88. The van der Waals surface area contributed by atoms with E-state index in [1.54, 1.807) is 0 Å². The van der Waals surface area contributed by atoms with Gasteiger partial charge in [-0.15, -0.1) is 0 Å². The van der Waals surface area contributed by atoms with Gasteiger partial charge in [-0.05, 0) is 30.3 Å². The topological polar surface area (TPSA) is 3.24 Å². The highest BCUT2D eigenvalue weighted by Gasteiger charge is 2.15. The van der Waals surface area contributed by atoms with Gasteiger partial charge in [0.05, 0.1) is 8.07 Å². The number of hydrogen-bond donors (Lipinski definition) is 0. The van der Waals surface area contributed by atoms with Crippen LogP contribution in [-0.4, -0.2) is 20.0 Å². The van der Waals surface area contributed by atoms with Gasteiger partial charge in [0.2, 0.25) is 0 Å². The van der Waals surface area contributed by atoms with Gasteiger partial charge in [0, 0.05) is 13.1 Å². The highest BCUT2D eigenvalue weighted by atomic mass is 28.3.